The summed E-state index contributed by atoms with van der Waals surface area (Å²) in [5.41, 5.74) is 2.19. The van der Waals surface area contributed by atoms with Gasteiger partial charge in [0, 0.05) is 47.9 Å². The highest BCUT2D eigenvalue weighted by Crippen LogP contribution is 2.37. The van der Waals surface area contributed by atoms with Crippen molar-refractivity contribution in [3.63, 3.8) is 0 Å². The number of methoxy groups -OCH3 is 2. The Hall–Kier alpha value is -4.12. The van der Waals surface area contributed by atoms with Crippen LogP contribution in [-0.4, -0.2) is 45.6 Å². The number of unbranched alkanes of at least 4 members (excludes halogenated alkanes) is 1. The normalized spacial score (nSPS) is 13.2. The molecule has 0 saturated heterocycles. The van der Waals surface area contributed by atoms with Crippen molar-refractivity contribution >= 4 is 34.9 Å². The van der Waals surface area contributed by atoms with E-state index in [1.807, 2.05) is 0 Å². The minimum absolute atomic E-state index is 0.285. The van der Waals surface area contributed by atoms with Gasteiger partial charge in [-0.15, -0.1) is 13.2 Å². The third-order valence-electron chi connectivity index (χ3n) is 6.60. The lowest BCUT2D eigenvalue weighted by molar-refractivity contribution is -0.274. The highest BCUT2D eigenvalue weighted by atomic mass is 35.5. The second-order valence-corrected chi connectivity index (χ2v) is 9.92. The SMILES string of the molecule is COC(=O)CCCCOc1cc(NC(C(=O)N2CCc3ccc(OC(F)(F)F)cc32)c2ccc(Cl)cc2)cc(OC)c1. The summed E-state index contributed by atoms with van der Waals surface area (Å²) >= 11 is 6.10. The Bertz CT molecular complexity index is 1400. The van der Waals surface area contributed by atoms with Crippen LogP contribution in [0.25, 0.3) is 0 Å². The van der Waals surface area contributed by atoms with Crippen LogP contribution in [0.4, 0.5) is 24.5 Å². The molecule has 12 heteroatoms. The number of anilines is 2. The van der Waals surface area contributed by atoms with Crippen LogP contribution in [0.5, 0.6) is 17.2 Å². The highest BCUT2D eigenvalue weighted by Gasteiger charge is 2.34. The maximum absolute atomic E-state index is 14.0. The molecular formula is C30H30ClF3N2O6. The minimum Gasteiger partial charge on any atom is -0.497 e. The number of nitrogens with zero attached hydrogens (tertiary/aromatic N) is 1. The Morgan fingerprint density at radius 2 is 1.71 bits per heavy atom. The predicted molar refractivity (Wildman–Crippen MR) is 151 cm³/mol. The van der Waals surface area contributed by atoms with Gasteiger partial charge in [0.05, 0.1) is 26.5 Å². The van der Waals surface area contributed by atoms with Crippen molar-refractivity contribution in [1.29, 1.82) is 0 Å². The van der Waals surface area contributed by atoms with Gasteiger partial charge in [-0.25, -0.2) is 0 Å². The van der Waals surface area contributed by atoms with Gasteiger partial charge < -0.3 is 29.2 Å². The van der Waals surface area contributed by atoms with Crippen molar-refractivity contribution in [3.8, 4) is 17.2 Å². The van der Waals surface area contributed by atoms with Crippen molar-refractivity contribution in [1.82, 2.24) is 0 Å². The molecule has 1 aliphatic heterocycles. The summed E-state index contributed by atoms with van der Waals surface area (Å²) in [4.78, 5) is 26.8. The third-order valence-corrected chi connectivity index (χ3v) is 6.85. The molecule has 3 aromatic carbocycles. The molecule has 0 aromatic heterocycles. The second kappa shape index (κ2) is 13.7. The molecule has 1 aliphatic rings. The van der Waals surface area contributed by atoms with Crippen LogP contribution < -0.4 is 24.4 Å². The van der Waals surface area contributed by atoms with Crippen molar-refractivity contribution in [2.24, 2.45) is 0 Å². The number of hydrogen-bond acceptors (Lipinski definition) is 7. The molecule has 1 atom stereocenters. The lowest BCUT2D eigenvalue weighted by Gasteiger charge is -2.26. The third kappa shape index (κ3) is 8.22. The molecule has 0 fully saturated rings. The number of amides is 1. The van der Waals surface area contributed by atoms with Gasteiger partial charge in [-0.3, -0.25) is 9.59 Å². The number of rotatable bonds is 12. The number of hydrogen-bond donors (Lipinski definition) is 1. The molecule has 1 unspecified atom stereocenters. The fourth-order valence-electron chi connectivity index (χ4n) is 4.57. The van der Waals surface area contributed by atoms with E-state index in [-0.39, 0.29) is 18.4 Å². The monoisotopic (exact) mass is 606 g/mol. The maximum atomic E-state index is 14.0. The van der Waals surface area contributed by atoms with Crippen LogP contribution in [0.3, 0.4) is 0 Å². The summed E-state index contributed by atoms with van der Waals surface area (Å²) in [6.45, 7) is 0.628. The molecule has 224 valence electrons. The summed E-state index contributed by atoms with van der Waals surface area (Å²) in [6.07, 6.45) is -2.87. The zero-order valence-electron chi connectivity index (χ0n) is 23.0. The number of carbonyl (C=O) groups excluding carboxylic acids is 2. The van der Waals surface area contributed by atoms with Crippen LogP contribution in [0, 0.1) is 0 Å². The van der Waals surface area contributed by atoms with Gasteiger partial charge in [0.1, 0.15) is 23.3 Å². The number of halogens is 4. The molecule has 1 amide bonds. The van der Waals surface area contributed by atoms with Crippen molar-refractivity contribution in [2.45, 2.75) is 38.1 Å². The van der Waals surface area contributed by atoms with Crippen LogP contribution in [0.15, 0.2) is 60.7 Å². The zero-order chi connectivity index (χ0) is 30.3. The van der Waals surface area contributed by atoms with Gasteiger partial charge in [0.15, 0.2) is 0 Å². The molecule has 0 saturated carbocycles. The number of ether oxygens (including phenoxy) is 4. The molecule has 0 radical (unpaired) electrons. The molecule has 0 bridgehead atoms. The fourth-order valence-corrected chi connectivity index (χ4v) is 4.70. The van der Waals surface area contributed by atoms with E-state index in [1.54, 1.807) is 42.5 Å². The summed E-state index contributed by atoms with van der Waals surface area (Å²) in [5.74, 6) is -0.109. The van der Waals surface area contributed by atoms with E-state index in [0.29, 0.717) is 65.8 Å². The average Bonchev–Trinajstić information content (AvgIpc) is 3.38. The van der Waals surface area contributed by atoms with E-state index in [4.69, 9.17) is 21.1 Å². The van der Waals surface area contributed by atoms with Crippen LogP contribution in [0.1, 0.15) is 36.4 Å². The number of benzene rings is 3. The first-order chi connectivity index (χ1) is 20.1. The highest BCUT2D eigenvalue weighted by molar-refractivity contribution is 6.30. The first-order valence-corrected chi connectivity index (χ1v) is 13.5. The summed E-state index contributed by atoms with van der Waals surface area (Å²) in [5, 5.41) is 3.73. The first kappa shape index (κ1) is 30.8. The zero-order valence-corrected chi connectivity index (χ0v) is 23.8. The predicted octanol–water partition coefficient (Wildman–Crippen LogP) is 6.71. The quantitative estimate of drug-likeness (QED) is 0.181. The van der Waals surface area contributed by atoms with E-state index >= 15 is 0 Å². The van der Waals surface area contributed by atoms with Crippen molar-refractivity contribution < 1.29 is 41.7 Å². The Balaban J connectivity index is 1.58. The van der Waals surface area contributed by atoms with Gasteiger partial charge in [-0.05, 0) is 48.6 Å². The number of carbonyl (C=O) groups is 2. The molecular weight excluding hydrogens is 577 g/mol. The Kier molecular flexibility index (Phi) is 10.1. The number of nitrogens with one attached hydrogen (secondary N) is 1. The van der Waals surface area contributed by atoms with E-state index in [2.05, 4.69) is 14.8 Å². The molecule has 1 heterocycles. The molecule has 1 N–H and O–H groups in total. The van der Waals surface area contributed by atoms with Gasteiger partial charge in [0.25, 0.3) is 5.91 Å². The average molecular weight is 607 g/mol. The van der Waals surface area contributed by atoms with E-state index in [0.717, 1.165) is 5.56 Å². The van der Waals surface area contributed by atoms with Crippen LogP contribution in [-0.2, 0) is 20.7 Å². The Morgan fingerprint density at radius 1 is 0.976 bits per heavy atom. The minimum atomic E-state index is -4.86. The largest absolute Gasteiger partial charge is 0.573 e. The number of alkyl halides is 3. The molecule has 0 aliphatic carbocycles. The fraction of sp³-hybridized carbons (Fsp3) is 0.333. The topological polar surface area (TPSA) is 86.3 Å². The lowest BCUT2D eigenvalue weighted by atomic mass is 10.0. The van der Waals surface area contributed by atoms with Gasteiger partial charge in [-0.1, -0.05) is 29.8 Å². The summed E-state index contributed by atoms with van der Waals surface area (Å²) in [6, 6.07) is 14.9. The van der Waals surface area contributed by atoms with Gasteiger partial charge in [0.2, 0.25) is 0 Å². The summed E-state index contributed by atoms with van der Waals surface area (Å²) < 4.78 is 58.7. The second-order valence-electron chi connectivity index (χ2n) is 9.49. The smallest absolute Gasteiger partial charge is 0.497 e. The number of fused-ring (bicyclic) bond motifs is 1. The maximum Gasteiger partial charge on any atom is 0.573 e. The first-order valence-electron chi connectivity index (χ1n) is 13.2. The summed E-state index contributed by atoms with van der Waals surface area (Å²) in [7, 11) is 2.84. The van der Waals surface area contributed by atoms with Crippen LogP contribution >= 0.6 is 11.6 Å². The van der Waals surface area contributed by atoms with Gasteiger partial charge >= 0.3 is 12.3 Å². The molecule has 3 aromatic rings. The van der Waals surface area contributed by atoms with E-state index < -0.39 is 18.2 Å². The molecule has 42 heavy (non-hydrogen) atoms. The van der Waals surface area contributed by atoms with Crippen molar-refractivity contribution in [3.05, 3.63) is 76.8 Å². The molecule has 4 rings (SSSR count). The Labute approximate surface area is 246 Å². The van der Waals surface area contributed by atoms with Gasteiger partial charge in [-0.2, -0.15) is 0 Å². The number of esters is 1. The van der Waals surface area contributed by atoms with E-state index in [9.17, 15) is 22.8 Å². The van der Waals surface area contributed by atoms with Crippen LogP contribution in [0.2, 0.25) is 5.02 Å². The van der Waals surface area contributed by atoms with Crippen molar-refractivity contribution in [2.75, 3.05) is 37.6 Å². The molecule has 8 nitrogen and oxygen atoms in total. The van der Waals surface area contributed by atoms with E-state index in [1.165, 1.54) is 37.3 Å². The Morgan fingerprint density at radius 3 is 2.40 bits per heavy atom. The standard InChI is InChI=1S/C30H30ClF3N2O6/c1-39-24-15-22(16-25(17-24)41-14-4-3-5-27(37)40-2)35-28(20-6-9-21(31)10-7-20)29(38)36-13-12-19-8-11-23(18-26(19)36)42-30(32,33)34/h6-11,15-18,28,35H,3-5,12-14H2,1-2H3. The lowest BCUT2D eigenvalue weighted by Crippen LogP contribution is -2.37. The molecule has 0 spiro atoms.